The van der Waals surface area contributed by atoms with E-state index in [-0.39, 0.29) is 11.8 Å². The second-order valence-electron chi connectivity index (χ2n) is 7.20. The van der Waals surface area contributed by atoms with Crippen molar-refractivity contribution in [1.82, 2.24) is 9.55 Å². The molecule has 1 aromatic carbocycles. The molecule has 1 aliphatic carbocycles. The van der Waals surface area contributed by atoms with Crippen molar-refractivity contribution in [2.24, 2.45) is 0 Å². The van der Waals surface area contributed by atoms with Gasteiger partial charge in [0.05, 0.1) is 12.6 Å². The molecule has 0 radical (unpaired) electrons. The molecule has 1 aliphatic heterocycles. The number of fused-ring (bicyclic) bond motifs is 1. The van der Waals surface area contributed by atoms with Gasteiger partial charge < -0.3 is 4.74 Å². The molecule has 0 bridgehead atoms. The Morgan fingerprint density at radius 1 is 1.19 bits per heavy atom. The van der Waals surface area contributed by atoms with Crippen LogP contribution in [0.5, 0.6) is 0 Å². The van der Waals surface area contributed by atoms with Crippen molar-refractivity contribution >= 4 is 17.8 Å². The molecule has 1 fully saturated rings. The average Bonchev–Trinajstić information content (AvgIpc) is 3.22. The van der Waals surface area contributed by atoms with Crippen molar-refractivity contribution in [2.75, 3.05) is 12.4 Å². The van der Waals surface area contributed by atoms with Gasteiger partial charge in [-0.05, 0) is 44.1 Å². The molecule has 2 aromatic rings. The van der Waals surface area contributed by atoms with Crippen molar-refractivity contribution < 1.29 is 4.74 Å². The lowest BCUT2D eigenvalue weighted by atomic mass is 9.97. The standard InChI is InChI=1S/C22H26N2O2S/c25-22-23-21(27-15-7-10-17-8-2-1-3-9-17)19-12-4-5-13-20(19)24(22)16-18-11-6-14-26-18/h1-3,7-10,18H,4-6,11-16H2/b10-7+. The Labute approximate surface area is 164 Å². The molecule has 1 saturated heterocycles. The molecule has 4 nitrogen and oxygen atoms in total. The summed E-state index contributed by atoms with van der Waals surface area (Å²) in [7, 11) is 0. The van der Waals surface area contributed by atoms with Crippen LogP contribution in [0.4, 0.5) is 0 Å². The van der Waals surface area contributed by atoms with Gasteiger partial charge in [0.25, 0.3) is 0 Å². The normalized spacial score (nSPS) is 19.5. The van der Waals surface area contributed by atoms with E-state index < -0.39 is 0 Å². The van der Waals surface area contributed by atoms with Gasteiger partial charge in [0.2, 0.25) is 0 Å². The van der Waals surface area contributed by atoms with Gasteiger partial charge in [0.15, 0.2) is 0 Å². The highest BCUT2D eigenvalue weighted by molar-refractivity contribution is 7.99. The maximum absolute atomic E-state index is 12.7. The molecule has 2 aliphatic rings. The number of nitrogens with zero attached hydrogens (tertiary/aromatic N) is 2. The highest BCUT2D eigenvalue weighted by Gasteiger charge is 2.23. The highest BCUT2D eigenvalue weighted by atomic mass is 32.2. The van der Waals surface area contributed by atoms with E-state index in [0.717, 1.165) is 49.5 Å². The smallest absolute Gasteiger partial charge is 0.348 e. The minimum atomic E-state index is -0.110. The van der Waals surface area contributed by atoms with Crippen molar-refractivity contribution in [3.05, 3.63) is 63.7 Å². The van der Waals surface area contributed by atoms with Crippen LogP contribution < -0.4 is 5.69 Å². The molecular weight excluding hydrogens is 356 g/mol. The number of rotatable bonds is 6. The first kappa shape index (κ1) is 18.5. The number of hydrogen-bond acceptors (Lipinski definition) is 4. The first-order valence-electron chi connectivity index (χ1n) is 9.90. The number of ether oxygens (including phenoxy) is 1. The summed E-state index contributed by atoms with van der Waals surface area (Å²) < 4.78 is 7.65. The van der Waals surface area contributed by atoms with Crippen LogP contribution in [0.2, 0.25) is 0 Å². The summed E-state index contributed by atoms with van der Waals surface area (Å²) >= 11 is 1.68. The predicted octanol–water partition coefficient (Wildman–Crippen LogP) is 4.11. The lowest BCUT2D eigenvalue weighted by Gasteiger charge is -2.24. The van der Waals surface area contributed by atoms with Gasteiger partial charge in [-0.2, -0.15) is 4.98 Å². The monoisotopic (exact) mass is 382 g/mol. The number of thioether (sulfide) groups is 1. The molecule has 4 rings (SSSR count). The zero-order valence-corrected chi connectivity index (χ0v) is 16.4. The van der Waals surface area contributed by atoms with Gasteiger partial charge in [0.1, 0.15) is 5.03 Å². The number of aromatic nitrogens is 2. The summed E-state index contributed by atoms with van der Waals surface area (Å²) in [6.07, 6.45) is 10.9. The summed E-state index contributed by atoms with van der Waals surface area (Å²) in [6.45, 7) is 1.48. The Morgan fingerprint density at radius 2 is 2.04 bits per heavy atom. The molecule has 1 unspecified atom stereocenters. The van der Waals surface area contributed by atoms with E-state index in [1.807, 2.05) is 22.8 Å². The maximum Gasteiger partial charge on any atom is 0.348 e. The van der Waals surface area contributed by atoms with Gasteiger partial charge in [-0.1, -0.05) is 42.5 Å². The lowest BCUT2D eigenvalue weighted by Crippen LogP contribution is -2.33. The summed E-state index contributed by atoms with van der Waals surface area (Å²) in [4.78, 5) is 17.2. The summed E-state index contributed by atoms with van der Waals surface area (Å²) in [5, 5.41) is 0.927. The van der Waals surface area contributed by atoms with Crippen molar-refractivity contribution in [2.45, 2.75) is 56.2 Å². The van der Waals surface area contributed by atoms with Crippen molar-refractivity contribution in [3.8, 4) is 0 Å². The topological polar surface area (TPSA) is 44.1 Å². The van der Waals surface area contributed by atoms with Crippen LogP contribution in [0.25, 0.3) is 6.08 Å². The van der Waals surface area contributed by atoms with E-state index in [1.54, 1.807) is 11.8 Å². The largest absolute Gasteiger partial charge is 0.376 e. The van der Waals surface area contributed by atoms with E-state index in [4.69, 9.17) is 4.74 Å². The highest BCUT2D eigenvalue weighted by Crippen LogP contribution is 2.29. The number of hydrogen-bond donors (Lipinski definition) is 0. The van der Waals surface area contributed by atoms with Crippen LogP contribution in [0.3, 0.4) is 0 Å². The van der Waals surface area contributed by atoms with Crippen LogP contribution in [0.1, 0.15) is 42.5 Å². The van der Waals surface area contributed by atoms with Crippen LogP contribution in [-0.4, -0.2) is 28.0 Å². The second kappa shape index (κ2) is 8.89. The zero-order valence-electron chi connectivity index (χ0n) is 15.6. The summed E-state index contributed by atoms with van der Waals surface area (Å²) in [5.74, 6) is 0.823. The van der Waals surface area contributed by atoms with Crippen molar-refractivity contribution in [1.29, 1.82) is 0 Å². The quantitative estimate of drug-likeness (QED) is 0.557. The molecule has 0 saturated carbocycles. The number of benzene rings is 1. The fourth-order valence-electron chi connectivity index (χ4n) is 3.92. The molecule has 0 amide bonds. The Kier molecular flexibility index (Phi) is 6.10. The Morgan fingerprint density at radius 3 is 2.85 bits per heavy atom. The molecular formula is C22H26N2O2S. The molecule has 0 spiro atoms. The Bertz CT molecular complexity index is 855. The zero-order chi connectivity index (χ0) is 18.5. The molecule has 142 valence electrons. The molecule has 1 atom stereocenters. The summed E-state index contributed by atoms with van der Waals surface area (Å²) in [6, 6.07) is 10.3. The van der Waals surface area contributed by atoms with E-state index in [1.165, 1.54) is 23.2 Å². The minimum Gasteiger partial charge on any atom is -0.376 e. The van der Waals surface area contributed by atoms with E-state index in [0.29, 0.717) is 6.54 Å². The van der Waals surface area contributed by atoms with E-state index in [9.17, 15) is 4.79 Å². The molecule has 0 N–H and O–H groups in total. The SMILES string of the molecule is O=c1nc(SC/C=C/c2ccccc2)c2c(n1CC1CCCO1)CCCC2. The van der Waals surface area contributed by atoms with Crippen LogP contribution >= 0.6 is 11.8 Å². The van der Waals surface area contributed by atoms with Gasteiger partial charge in [-0.25, -0.2) is 4.79 Å². The third-order valence-electron chi connectivity index (χ3n) is 5.29. The van der Waals surface area contributed by atoms with Gasteiger partial charge in [-0.15, -0.1) is 11.8 Å². The predicted molar refractivity (Wildman–Crippen MR) is 110 cm³/mol. The summed E-state index contributed by atoms with van der Waals surface area (Å²) in [5.41, 5.74) is 3.57. The fourth-order valence-corrected chi connectivity index (χ4v) is 4.81. The Balaban J connectivity index is 1.51. The second-order valence-corrected chi connectivity index (χ2v) is 8.21. The third kappa shape index (κ3) is 4.53. The van der Waals surface area contributed by atoms with Crippen LogP contribution in [-0.2, 0) is 24.1 Å². The maximum atomic E-state index is 12.7. The lowest BCUT2D eigenvalue weighted by molar-refractivity contribution is 0.0947. The Hall–Kier alpha value is -1.85. The van der Waals surface area contributed by atoms with E-state index in [2.05, 4.69) is 29.3 Å². The molecule has 1 aromatic heterocycles. The van der Waals surface area contributed by atoms with E-state index >= 15 is 0 Å². The minimum absolute atomic E-state index is 0.110. The molecule has 5 heteroatoms. The van der Waals surface area contributed by atoms with Crippen molar-refractivity contribution in [3.63, 3.8) is 0 Å². The fraction of sp³-hybridized carbons (Fsp3) is 0.455. The molecule has 27 heavy (non-hydrogen) atoms. The van der Waals surface area contributed by atoms with Crippen LogP contribution in [0.15, 0.2) is 46.2 Å². The first-order valence-corrected chi connectivity index (χ1v) is 10.9. The van der Waals surface area contributed by atoms with Gasteiger partial charge in [0, 0.05) is 23.6 Å². The van der Waals surface area contributed by atoms with Crippen LogP contribution in [0, 0.1) is 0 Å². The molecule has 2 heterocycles. The van der Waals surface area contributed by atoms with Gasteiger partial charge >= 0.3 is 5.69 Å². The third-order valence-corrected chi connectivity index (χ3v) is 6.26. The average molecular weight is 383 g/mol. The first-order chi connectivity index (χ1) is 13.3. The van der Waals surface area contributed by atoms with Gasteiger partial charge in [-0.3, -0.25) is 4.57 Å².